The predicted molar refractivity (Wildman–Crippen MR) is 109 cm³/mol. The Morgan fingerprint density at radius 2 is 1.24 bits per heavy atom. The standard InChI is InChI=1S/C20H14N4O3S.Fe/c25-28(26,27)20-11-18-9-16-4-3-14(22-16)7-12-1-2-13(21-12)8-15-5-6-17(23-15)10-19(20)24-18;/h1-11,22,24H,(H,25,26,27);. The first-order chi connectivity index (χ1) is 13.4. The third-order valence-electron chi connectivity index (χ3n) is 4.41. The average Bonchev–Trinajstić information content (AvgIpc) is 3.38. The van der Waals surface area contributed by atoms with Gasteiger partial charge in [0.05, 0.1) is 28.3 Å². The van der Waals surface area contributed by atoms with Crippen LogP contribution in [-0.2, 0) is 27.2 Å². The molecule has 0 saturated carbocycles. The fourth-order valence-electron chi connectivity index (χ4n) is 3.21. The summed E-state index contributed by atoms with van der Waals surface area (Å²) in [4.78, 5) is 15.1. The second-order valence-corrected chi connectivity index (χ2v) is 7.90. The largest absolute Gasteiger partial charge is 0.355 e. The normalized spacial score (nSPS) is 12.7. The smallest absolute Gasteiger partial charge is 0.296 e. The molecule has 3 aromatic rings. The maximum Gasteiger partial charge on any atom is 0.296 e. The van der Waals surface area contributed by atoms with Crippen LogP contribution >= 0.6 is 0 Å². The van der Waals surface area contributed by atoms with Crippen molar-refractivity contribution in [1.29, 1.82) is 0 Å². The fraction of sp³-hybridized carbons (Fsp3) is 0. The van der Waals surface area contributed by atoms with Gasteiger partial charge in [0.2, 0.25) is 0 Å². The molecule has 146 valence electrons. The zero-order valence-electron chi connectivity index (χ0n) is 14.8. The van der Waals surface area contributed by atoms with Crippen LogP contribution in [0, 0.1) is 0 Å². The van der Waals surface area contributed by atoms with Crippen LogP contribution in [-0.4, -0.2) is 32.9 Å². The van der Waals surface area contributed by atoms with Crippen molar-refractivity contribution in [3.63, 3.8) is 0 Å². The number of nitrogens with zero attached hydrogens (tertiary/aromatic N) is 2. The van der Waals surface area contributed by atoms with E-state index in [1.807, 2.05) is 42.5 Å². The van der Waals surface area contributed by atoms with Crippen molar-refractivity contribution in [2.45, 2.75) is 4.90 Å². The third kappa shape index (κ3) is 3.94. The van der Waals surface area contributed by atoms with Crippen LogP contribution in [0.1, 0.15) is 22.8 Å². The van der Waals surface area contributed by atoms with E-state index in [1.54, 1.807) is 18.2 Å². The summed E-state index contributed by atoms with van der Waals surface area (Å²) in [5.41, 5.74) is 5.31. The molecule has 3 N–H and O–H groups in total. The summed E-state index contributed by atoms with van der Waals surface area (Å²) in [6.45, 7) is 0. The number of hydrogen-bond donors (Lipinski definition) is 3. The third-order valence-corrected chi connectivity index (χ3v) is 5.30. The molecule has 0 aliphatic carbocycles. The van der Waals surface area contributed by atoms with Crippen molar-refractivity contribution in [2.75, 3.05) is 0 Å². The van der Waals surface area contributed by atoms with E-state index >= 15 is 0 Å². The van der Waals surface area contributed by atoms with Crippen LogP contribution in [0.25, 0.3) is 46.4 Å². The topological polar surface area (TPSA) is 112 Å². The van der Waals surface area contributed by atoms with Crippen molar-refractivity contribution in [3.8, 4) is 0 Å². The Morgan fingerprint density at radius 1 is 0.690 bits per heavy atom. The van der Waals surface area contributed by atoms with Crippen LogP contribution in [0.5, 0.6) is 0 Å². The molecule has 9 heteroatoms. The number of aromatic nitrogens is 4. The first kappa shape index (κ1) is 19.4. The van der Waals surface area contributed by atoms with E-state index < -0.39 is 10.1 Å². The maximum absolute atomic E-state index is 11.8. The Labute approximate surface area is 176 Å². The average molecular weight is 446 g/mol. The molecule has 0 fully saturated rings. The molecular weight excluding hydrogens is 432 g/mol. The number of H-pyrrole nitrogens is 2. The number of nitrogens with one attached hydrogen (secondary N) is 2. The van der Waals surface area contributed by atoms with Crippen molar-refractivity contribution >= 4 is 56.5 Å². The van der Waals surface area contributed by atoms with E-state index in [0.29, 0.717) is 16.9 Å². The molecule has 3 aromatic heterocycles. The Hall–Kier alpha value is -2.97. The van der Waals surface area contributed by atoms with Gasteiger partial charge in [-0.2, -0.15) is 8.42 Å². The quantitative estimate of drug-likeness (QED) is 0.267. The minimum atomic E-state index is -4.39. The number of rotatable bonds is 1. The van der Waals surface area contributed by atoms with Crippen LogP contribution in [0.15, 0.2) is 47.4 Å². The van der Waals surface area contributed by atoms with Gasteiger partial charge in [0.25, 0.3) is 10.1 Å². The zero-order chi connectivity index (χ0) is 19.3. The van der Waals surface area contributed by atoms with Crippen molar-refractivity contribution in [2.24, 2.45) is 0 Å². The van der Waals surface area contributed by atoms with Crippen LogP contribution in [0.4, 0.5) is 0 Å². The molecule has 29 heavy (non-hydrogen) atoms. The van der Waals surface area contributed by atoms with E-state index in [2.05, 4.69) is 19.9 Å². The zero-order valence-corrected chi connectivity index (χ0v) is 16.7. The Balaban J connectivity index is 0.00000205. The molecule has 0 saturated heterocycles. The van der Waals surface area contributed by atoms with Gasteiger partial charge in [-0.25, -0.2) is 9.97 Å². The monoisotopic (exact) mass is 446 g/mol. The molecule has 2 aliphatic rings. The number of aromatic amines is 2. The summed E-state index contributed by atoms with van der Waals surface area (Å²) in [6, 6.07) is 12.3. The fourth-order valence-corrected chi connectivity index (χ4v) is 3.87. The summed E-state index contributed by atoms with van der Waals surface area (Å²) >= 11 is 0. The van der Waals surface area contributed by atoms with E-state index in [0.717, 1.165) is 22.4 Å². The first-order valence-corrected chi connectivity index (χ1v) is 9.92. The van der Waals surface area contributed by atoms with Gasteiger partial charge < -0.3 is 9.97 Å². The molecule has 2 aliphatic heterocycles. The van der Waals surface area contributed by atoms with Gasteiger partial charge in [-0.05, 0) is 66.8 Å². The van der Waals surface area contributed by atoms with E-state index in [-0.39, 0.29) is 27.5 Å². The number of fused-ring (bicyclic) bond motifs is 8. The van der Waals surface area contributed by atoms with Gasteiger partial charge in [0.15, 0.2) is 0 Å². The Kier molecular flexibility index (Phi) is 4.76. The van der Waals surface area contributed by atoms with Crippen LogP contribution < -0.4 is 0 Å². The molecule has 7 nitrogen and oxygen atoms in total. The van der Waals surface area contributed by atoms with Gasteiger partial charge in [-0.3, -0.25) is 4.55 Å². The van der Waals surface area contributed by atoms with Crippen LogP contribution in [0.3, 0.4) is 0 Å². The molecule has 0 amide bonds. The molecule has 8 bridgehead atoms. The predicted octanol–water partition coefficient (Wildman–Crippen LogP) is 3.90. The Morgan fingerprint density at radius 3 is 1.86 bits per heavy atom. The van der Waals surface area contributed by atoms with Crippen molar-refractivity contribution in [3.05, 3.63) is 65.2 Å². The molecule has 0 aromatic carbocycles. The minimum absolute atomic E-state index is 0. The van der Waals surface area contributed by atoms with Gasteiger partial charge in [0, 0.05) is 33.6 Å². The molecule has 0 radical (unpaired) electrons. The first-order valence-electron chi connectivity index (χ1n) is 8.48. The van der Waals surface area contributed by atoms with Crippen molar-refractivity contribution < 1.29 is 30.0 Å². The summed E-state index contributed by atoms with van der Waals surface area (Å²) in [6.07, 6.45) is 7.43. The number of hydrogen-bond acceptors (Lipinski definition) is 4. The van der Waals surface area contributed by atoms with Gasteiger partial charge in [-0.1, -0.05) is 0 Å². The van der Waals surface area contributed by atoms with Gasteiger partial charge in [-0.15, -0.1) is 0 Å². The van der Waals surface area contributed by atoms with E-state index in [9.17, 15) is 13.0 Å². The molecule has 0 atom stereocenters. The van der Waals surface area contributed by atoms with Crippen molar-refractivity contribution in [1.82, 2.24) is 19.9 Å². The SMILES string of the molecule is O=S(=O)(O)c1cc2cc3ccc(cc4nc(cc5nc(cc1[nH]2)C=C5)C=C4)[nH]3.[Fe]. The summed E-state index contributed by atoms with van der Waals surface area (Å²) in [7, 11) is -4.39. The summed E-state index contributed by atoms with van der Waals surface area (Å²) in [5.74, 6) is 0. The summed E-state index contributed by atoms with van der Waals surface area (Å²) < 4.78 is 33.2. The van der Waals surface area contributed by atoms with E-state index in [4.69, 9.17) is 0 Å². The van der Waals surface area contributed by atoms with Gasteiger partial charge in [0.1, 0.15) is 4.90 Å². The molecule has 0 spiro atoms. The van der Waals surface area contributed by atoms with Gasteiger partial charge >= 0.3 is 0 Å². The second kappa shape index (κ2) is 7.13. The maximum atomic E-state index is 11.8. The molecule has 5 heterocycles. The van der Waals surface area contributed by atoms with Crippen LogP contribution in [0.2, 0.25) is 0 Å². The Bertz CT molecular complexity index is 1450. The summed E-state index contributed by atoms with van der Waals surface area (Å²) in [5, 5.41) is 0. The molecule has 0 unspecified atom stereocenters. The van der Waals surface area contributed by atoms with E-state index in [1.165, 1.54) is 6.07 Å². The minimum Gasteiger partial charge on any atom is -0.355 e. The molecular formula is C20H14FeN4O3S. The second-order valence-electron chi connectivity index (χ2n) is 6.51. The molecule has 5 rings (SSSR count).